The van der Waals surface area contributed by atoms with E-state index in [9.17, 15) is 13.5 Å². The molecule has 2 heterocycles. The minimum Gasteiger partial charge on any atom is -0.394 e. The van der Waals surface area contributed by atoms with Crippen LogP contribution >= 0.6 is 23.2 Å². The number of aliphatic hydroxyl groups is 1. The van der Waals surface area contributed by atoms with Gasteiger partial charge in [-0.25, -0.2) is 13.4 Å². The number of pyridine rings is 1. The molecule has 0 radical (unpaired) electrons. The highest BCUT2D eigenvalue weighted by molar-refractivity contribution is 8.05. The number of sulfonamides is 1. The summed E-state index contributed by atoms with van der Waals surface area (Å²) in [6, 6.07) is 6.93. The average molecular weight is 388 g/mol. The molecule has 10 heteroatoms. The minimum atomic E-state index is -3.98. The number of hydrogen-bond acceptors (Lipinski definition) is 5. The first-order chi connectivity index (χ1) is 11.4. The van der Waals surface area contributed by atoms with E-state index in [0.717, 1.165) is 0 Å². The topological polar surface area (TPSA) is 108 Å². The number of aliphatic hydroxyl groups excluding tert-OH is 1. The number of fused-ring (bicyclic) bond motifs is 1. The first kappa shape index (κ1) is 17.3. The van der Waals surface area contributed by atoms with Gasteiger partial charge in [-0.2, -0.15) is 10.1 Å². The van der Waals surface area contributed by atoms with Crippen LogP contribution in [-0.4, -0.2) is 30.2 Å². The molecule has 1 atom stereocenters. The van der Waals surface area contributed by atoms with Gasteiger partial charge in [0, 0.05) is 16.2 Å². The molecule has 7 nitrogen and oxygen atoms in total. The van der Waals surface area contributed by atoms with Crippen molar-refractivity contribution >= 4 is 44.1 Å². The monoisotopic (exact) mass is 387 g/mol. The van der Waals surface area contributed by atoms with Crippen molar-refractivity contribution in [2.75, 3.05) is 6.61 Å². The van der Waals surface area contributed by atoms with Gasteiger partial charge in [-0.05, 0) is 35.9 Å². The molecule has 1 aromatic heterocycles. The Balaban J connectivity index is 1.91. The van der Waals surface area contributed by atoms with Crippen LogP contribution in [0.5, 0.6) is 0 Å². The lowest BCUT2D eigenvalue weighted by atomic mass is 10.1. The van der Waals surface area contributed by atoms with Crippen LogP contribution in [0.3, 0.4) is 0 Å². The summed E-state index contributed by atoms with van der Waals surface area (Å²) in [7, 11) is -3.98. The standard InChI is InChI=1S/C14H12Cl2N4O3S/c15-9-4-8(5-10(16)6-9)12(7-21)20-24(22,23)14-11-2-1-3-17-13(11)18-19-14/h1-6,12,20-21H,7H2,(H,17,18,19)/p+1. The van der Waals surface area contributed by atoms with Crippen molar-refractivity contribution in [3.05, 3.63) is 57.7 Å². The Morgan fingerprint density at radius 1 is 1.25 bits per heavy atom. The van der Waals surface area contributed by atoms with E-state index in [-0.39, 0.29) is 5.04 Å². The van der Waals surface area contributed by atoms with Gasteiger partial charge in [0.15, 0.2) is 0 Å². The third kappa shape index (κ3) is 3.44. The molecule has 1 aromatic carbocycles. The molecule has 126 valence electrons. The zero-order valence-electron chi connectivity index (χ0n) is 12.1. The second kappa shape index (κ2) is 6.75. The fraction of sp³-hybridized carbons (Fsp3) is 0.143. The van der Waals surface area contributed by atoms with Crippen molar-refractivity contribution in [1.82, 2.24) is 9.71 Å². The Hall–Kier alpha value is -1.55. The van der Waals surface area contributed by atoms with Crippen LogP contribution in [0.2, 0.25) is 10.0 Å². The summed E-state index contributed by atoms with van der Waals surface area (Å²) in [5, 5.41) is 14.1. The Morgan fingerprint density at radius 2 is 1.96 bits per heavy atom. The second-order valence-corrected chi connectivity index (χ2v) is 7.56. The van der Waals surface area contributed by atoms with Crippen molar-refractivity contribution in [3.8, 4) is 0 Å². The molecule has 24 heavy (non-hydrogen) atoms. The highest BCUT2D eigenvalue weighted by Crippen LogP contribution is 2.25. The molecule has 0 spiro atoms. The Kier molecular flexibility index (Phi) is 4.86. The molecule has 1 unspecified atom stereocenters. The highest BCUT2D eigenvalue weighted by Gasteiger charge is 2.34. The number of nitrogens with one attached hydrogen (secondary N) is 1. The maximum absolute atomic E-state index is 12.6. The smallest absolute Gasteiger partial charge is 0.264 e. The molecule has 3 rings (SSSR count). The molecule has 0 aliphatic carbocycles. The van der Waals surface area contributed by atoms with Gasteiger partial charge < -0.3 is 5.11 Å². The Morgan fingerprint density at radius 3 is 2.62 bits per heavy atom. The van der Waals surface area contributed by atoms with Gasteiger partial charge in [-0.15, -0.1) is 0 Å². The number of aromatic nitrogens is 1. The molecule has 0 amide bonds. The summed E-state index contributed by atoms with van der Waals surface area (Å²) in [5.74, 6) is 0.476. The highest BCUT2D eigenvalue weighted by atomic mass is 35.5. The van der Waals surface area contributed by atoms with Gasteiger partial charge in [0.05, 0.1) is 12.6 Å². The largest absolute Gasteiger partial charge is 0.394 e. The normalized spacial score (nSPS) is 15.0. The molecule has 0 saturated carbocycles. The first-order valence-electron chi connectivity index (χ1n) is 6.86. The second-order valence-electron chi connectivity index (χ2n) is 5.06. The van der Waals surface area contributed by atoms with Gasteiger partial charge in [-0.3, -0.25) is 0 Å². The van der Waals surface area contributed by atoms with Gasteiger partial charge in [0.2, 0.25) is 5.04 Å². The maximum Gasteiger partial charge on any atom is 0.264 e. The molecule has 1 aliphatic heterocycles. The number of nitrogens with two attached hydrogens (primary N) is 1. The molecular formula is C14H13Cl2N4O3S+. The minimum absolute atomic E-state index is 0.142. The zero-order valence-corrected chi connectivity index (χ0v) is 14.5. The third-order valence-corrected chi connectivity index (χ3v) is 5.26. The van der Waals surface area contributed by atoms with E-state index in [2.05, 4.69) is 14.8 Å². The van der Waals surface area contributed by atoms with E-state index in [1.54, 1.807) is 18.3 Å². The quantitative estimate of drug-likeness (QED) is 0.677. The van der Waals surface area contributed by atoms with E-state index in [1.807, 2.05) is 0 Å². The van der Waals surface area contributed by atoms with E-state index >= 15 is 0 Å². The number of quaternary nitrogens is 1. The molecule has 0 bridgehead atoms. The van der Waals surface area contributed by atoms with Crippen LogP contribution in [-0.2, 0) is 10.0 Å². The fourth-order valence-electron chi connectivity index (χ4n) is 2.33. The summed E-state index contributed by atoms with van der Waals surface area (Å²) >= 11 is 11.9. The van der Waals surface area contributed by atoms with Gasteiger partial charge in [0.1, 0.15) is 5.56 Å². The zero-order chi connectivity index (χ0) is 17.3. The summed E-state index contributed by atoms with van der Waals surface area (Å²) in [6.45, 7) is -0.465. The molecule has 2 aromatic rings. The van der Waals surface area contributed by atoms with Crippen LogP contribution in [0.4, 0.5) is 5.82 Å². The Labute approximate surface area is 148 Å². The van der Waals surface area contributed by atoms with Crippen LogP contribution in [0.1, 0.15) is 17.2 Å². The first-order valence-corrected chi connectivity index (χ1v) is 9.10. The van der Waals surface area contributed by atoms with Gasteiger partial charge >= 0.3 is 0 Å². The third-order valence-electron chi connectivity index (χ3n) is 3.39. The maximum atomic E-state index is 12.6. The summed E-state index contributed by atoms with van der Waals surface area (Å²) < 4.78 is 27.7. The van der Waals surface area contributed by atoms with E-state index in [1.165, 1.54) is 23.6 Å². The fourth-order valence-corrected chi connectivity index (χ4v) is 4.23. The SMILES string of the molecule is O=S(=O)(NC(CO)c1cc(Cl)cc(Cl)c1)C1=N[NH2+]c2ncccc21. The Bertz CT molecular complexity index is 898. The summed E-state index contributed by atoms with van der Waals surface area (Å²) in [5.41, 5.74) is 2.24. The van der Waals surface area contributed by atoms with E-state index in [4.69, 9.17) is 23.2 Å². The van der Waals surface area contributed by atoms with Gasteiger partial charge in [-0.1, -0.05) is 28.3 Å². The molecule has 0 saturated heterocycles. The number of hydrogen-bond donors (Lipinski definition) is 3. The predicted octanol–water partition coefficient (Wildman–Crippen LogP) is 0.912. The number of halogens is 2. The van der Waals surface area contributed by atoms with Crippen molar-refractivity contribution < 1.29 is 19.0 Å². The summed E-state index contributed by atoms with van der Waals surface area (Å²) in [4.78, 5) is 4.06. The lowest BCUT2D eigenvalue weighted by molar-refractivity contribution is -0.577. The lowest BCUT2D eigenvalue weighted by Gasteiger charge is -2.17. The van der Waals surface area contributed by atoms with Crippen LogP contribution in [0.25, 0.3) is 0 Å². The van der Waals surface area contributed by atoms with Crippen LogP contribution in [0, 0.1) is 0 Å². The average Bonchev–Trinajstić information content (AvgIpc) is 2.96. The van der Waals surface area contributed by atoms with Crippen molar-refractivity contribution in [2.45, 2.75) is 6.04 Å². The predicted molar refractivity (Wildman–Crippen MR) is 90.7 cm³/mol. The van der Waals surface area contributed by atoms with Crippen LogP contribution < -0.4 is 10.1 Å². The van der Waals surface area contributed by atoms with E-state index in [0.29, 0.717) is 27.0 Å². The molecular weight excluding hydrogens is 375 g/mol. The van der Waals surface area contributed by atoms with Crippen molar-refractivity contribution in [1.29, 1.82) is 0 Å². The number of nitrogens with zero attached hydrogens (tertiary/aromatic N) is 2. The number of rotatable bonds is 4. The summed E-state index contributed by atoms with van der Waals surface area (Å²) in [6.07, 6.45) is 1.55. The van der Waals surface area contributed by atoms with Crippen molar-refractivity contribution in [2.24, 2.45) is 5.10 Å². The molecule has 0 fully saturated rings. The van der Waals surface area contributed by atoms with Gasteiger partial charge in [0.25, 0.3) is 15.8 Å². The van der Waals surface area contributed by atoms with Crippen LogP contribution in [0.15, 0.2) is 41.6 Å². The molecule has 1 aliphatic rings. The lowest BCUT2D eigenvalue weighted by Crippen LogP contribution is -2.70. The van der Waals surface area contributed by atoms with E-state index < -0.39 is 22.7 Å². The molecule has 4 N–H and O–H groups in total. The van der Waals surface area contributed by atoms with Crippen molar-refractivity contribution in [3.63, 3.8) is 0 Å². The number of benzene rings is 1.